The predicted octanol–water partition coefficient (Wildman–Crippen LogP) is 6.36. The molecule has 2 unspecified atom stereocenters. The lowest BCUT2D eigenvalue weighted by molar-refractivity contribution is 0.343. The van der Waals surface area contributed by atoms with Gasteiger partial charge in [-0.15, -0.1) is 0 Å². The zero-order chi connectivity index (χ0) is 15.6. The summed E-state index contributed by atoms with van der Waals surface area (Å²) in [5.41, 5.74) is 4.86. The molecule has 3 aliphatic carbocycles. The molecule has 0 amide bonds. The van der Waals surface area contributed by atoms with Gasteiger partial charge in [0.25, 0.3) is 0 Å². The fourth-order valence-corrected chi connectivity index (χ4v) is 4.25. The minimum Gasteiger partial charge on any atom is -0.0805 e. The van der Waals surface area contributed by atoms with Crippen LogP contribution < -0.4 is 0 Å². The van der Waals surface area contributed by atoms with Crippen LogP contribution in [0.1, 0.15) is 63.5 Å². The standard InChI is InChI=1S/C20H24.C2H6/c1-15-5-8-18(9-6-15)20(11-3-2-4-12-20)19-10-7-16-13-17(16)14-19;1-2/h5-10,14,16-17H,2-4,11-13H2,1H3;1-2H3. The number of aryl methyl sites for hydroxylation is 1. The Morgan fingerprint density at radius 3 is 2.23 bits per heavy atom. The summed E-state index contributed by atoms with van der Waals surface area (Å²) >= 11 is 0. The highest BCUT2D eigenvalue weighted by Crippen LogP contribution is 2.52. The summed E-state index contributed by atoms with van der Waals surface area (Å²) in [6.45, 7) is 6.19. The molecule has 0 spiro atoms. The summed E-state index contributed by atoms with van der Waals surface area (Å²) < 4.78 is 0. The minimum absolute atomic E-state index is 0.315. The highest BCUT2D eigenvalue weighted by Gasteiger charge is 2.42. The Hall–Kier alpha value is -1.30. The van der Waals surface area contributed by atoms with Crippen molar-refractivity contribution in [2.75, 3.05) is 0 Å². The Balaban J connectivity index is 0.000000693. The van der Waals surface area contributed by atoms with Crippen LogP contribution in [0.15, 0.2) is 48.1 Å². The third-order valence-corrected chi connectivity index (χ3v) is 5.67. The maximum atomic E-state index is 2.61. The third kappa shape index (κ3) is 2.81. The van der Waals surface area contributed by atoms with Crippen molar-refractivity contribution in [2.24, 2.45) is 11.8 Å². The van der Waals surface area contributed by atoms with Crippen molar-refractivity contribution in [3.05, 3.63) is 59.2 Å². The van der Waals surface area contributed by atoms with Gasteiger partial charge in [0.2, 0.25) is 0 Å². The molecule has 0 N–H and O–H groups in total. The molecule has 0 aliphatic heterocycles. The molecule has 2 saturated carbocycles. The molecule has 1 aromatic carbocycles. The Morgan fingerprint density at radius 2 is 1.59 bits per heavy atom. The first kappa shape index (κ1) is 15.6. The molecule has 1 aromatic rings. The highest BCUT2D eigenvalue weighted by atomic mass is 14.5. The van der Waals surface area contributed by atoms with Gasteiger partial charge in [0, 0.05) is 5.41 Å². The first-order valence-corrected chi connectivity index (χ1v) is 9.26. The van der Waals surface area contributed by atoms with Gasteiger partial charge in [0.15, 0.2) is 0 Å². The number of rotatable bonds is 2. The number of benzene rings is 1. The molecule has 0 radical (unpaired) electrons. The van der Waals surface area contributed by atoms with Crippen LogP contribution in [0.4, 0.5) is 0 Å². The smallest absolute Gasteiger partial charge is 0.0199 e. The van der Waals surface area contributed by atoms with E-state index >= 15 is 0 Å². The van der Waals surface area contributed by atoms with Gasteiger partial charge in [0.05, 0.1) is 0 Å². The van der Waals surface area contributed by atoms with E-state index in [0.717, 1.165) is 11.8 Å². The summed E-state index contributed by atoms with van der Waals surface area (Å²) in [5, 5.41) is 0. The van der Waals surface area contributed by atoms with E-state index in [2.05, 4.69) is 49.4 Å². The second kappa shape index (κ2) is 6.44. The summed E-state index contributed by atoms with van der Waals surface area (Å²) in [6.07, 6.45) is 15.8. The van der Waals surface area contributed by atoms with E-state index in [9.17, 15) is 0 Å². The molecule has 0 heterocycles. The monoisotopic (exact) mass is 294 g/mol. The fraction of sp³-hybridized carbons (Fsp3) is 0.545. The van der Waals surface area contributed by atoms with Crippen molar-refractivity contribution >= 4 is 0 Å². The van der Waals surface area contributed by atoms with Crippen LogP contribution in [0.3, 0.4) is 0 Å². The van der Waals surface area contributed by atoms with Crippen molar-refractivity contribution in [2.45, 2.75) is 64.7 Å². The molecule has 2 fully saturated rings. The van der Waals surface area contributed by atoms with Gasteiger partial charge >= 0.3 is 0 Å². The average molecular weight is 294 g/mol. The van der Waals surface area contributed by atoms with E-state index in [4.69, 9.17) is 0 Å². The maximum absolute atomic E-state index is 2.61. The lowest BCUT2D eigenvalue weighted by Crippen LogP contribution is -2.31. The molecule has 0 saturated heterocycles. The molecule has 0 aromatic heterocycles. The van der Waals surface area contributed by atoms with E-state index < -0.39 is 0 Å². The van der Waals surface area contributed by atoms with E-state index in [-0.39, 0.29) is 0 Å². The van der Waals surface area contributed by atoms with E-state index in [1.54, 1.807) is 11.1 Å². The summed E-state index contributed by atoms with van der Waals surface area (Å²) in [7, 11) is 0. The zero-order valence-electron chi connectivity index (χ0n) is 14.4. The van der Waals surface area contributed by atoms with Crippen LogP contribution in [0, 0.1) is 18.8 Å². The normalized spacial score (nSPS) is 28.0. The van der Waals surface area contributed by atoms with Gasteiger partial charge < -0.3 is 0 Å². The average Bonchev–Trinajstić information content (AvgIpc) is 3.36. The second-order valence-electron chi connectivity index (χ2n) is 7.05. The molecular formula is C22H30. The maximum Gasteiger partial charge on any atom is 0.0199 e. The molecule has 0 heteroatoms. The Kier molecular flexibility index (Phi) is 4.57. The first-order chi connectivity index (χ1) is 10.8. The fourth-order valence-electron chi connectivity index (χ4n) is 4.25. The van der Waals surface area contributed by atoms with Crippen LogP contribution in [-0.2, 0) is 5.41 Å². The first-order valence-electron chi connectivity index (χ1n) is 9.26. The van der Waals surface area contributed by atoms with Gasteiger partial charge in [-0.05, 0) is 49.2 Å². The molecule has 0 nitrogen and oxygen atoms in total. The van der Waals surface area contributed by atoms with Crippen LogP contribution >= 0.6 is 0 Å². The molecule has 3 aliphatic rings. The molecule has 2 atom stereocenters. The number of hydrogen-bond acceptors (Lipinski definition) is 0. The quantitative estimate of drug-likeness (QED) is 0.595. The Labute approximate surface area is 136 Å². The van der Waals surface area contributed by atoms with E-state index in [0.29, 0.717) is 5.41 Å². The molecule has 4 rings (SSSR count). The summed E-state index contributed by atoms with van der Waals surface area (Å²) in [6, 6.07) is 9.35. The summed E-state index contributed by atoms with van der Waals surface area (Å²) in [4.78, 5) is 0. The zero-order valence-corrected chi connectivity index (χ0v) is 14.4. The topological polar surface area (TPSA) is 0 Å². The Bertz CT molecular complexity index is 552. The summed E-state index contributed by atoms with van der Waals surface area (Å²) in [5.74, 6) is 1.73. The van der Waals surface area contributed by atoms with Gasteiger partial charge in [0.1, 0.15) is 0 Å². The number of allylic oxidation sites excluding steroid dienone is 4. The lowest BCUT2D eigenvalue weighted by Gasteiger charge is -2.40. The van der Waals surface area contributed by atoms with Crippen molar-refractivity contribution < 1.29 is 0 Å². The van der Waals surface area contributed by atoms with Crippen molar-refractivity contribution in [1.82, 2.24) is 0 Å². The van der Waals surface area contributed by atoms with Gasteiger partial charge in [-0.1, -0.05) is 81.2 Å². The number of hydrogen-bond donors (Lipinski definition) is 0. The van der Waals surface area contributed by atoms with E-state index in [1.165, 1.54) is 44.1 Å². The molecule has 118 valence electrons. The molecule has 22 heavy (non-hydrogen) atoms. The third-order valence-electron chi connectivity index (χ3n) is 5.67. The predicted molar refractivity (Wildman–Crippen MR) is 96.1 cm³/mol. The van der Waals surface area contributed by atoms with Crippen LogP contribution in [0.25, 0.3) is 0 Å². The van der Waals surface area contributed by atoms with Gasteiger partial charge in [-0.2, -0.15) is 0 Å². The van der Waals surface area contributed by atoms with Gasteiger partial charge in [-0.25, -0.2) is 0 Å². The van der Waals surface area contributed by atoms with E-state index in [1.807, 2.05) is 13.8 Å². The van der Waals surface area contributed by atoms with Crippen LogP contribution in [0.5, 0.6) is 0 Å². The minimum atomic E-state index is 0.315. The van der Waals surface area contributed by atoms with Crippen molar-refractivity contribution in [3.63, 3.8) is 0 Å². The van der Waals surface area contributed by atoms with Crippen molar-refractivity contribution in [1.29, 1.82) is 0 Å². The molecular weight excluding hydrogens is 264 g/mol. The van der Waals surface area contributed by atoms with Crippen LogP contribution in [-0.4, -0.2) is 0 Å². The highest BCUT2D eigenvalue weighted by molar-refractivity contribution is 5.46. The second-order valence-corrected chi connectivity index (χ2v) is 7.05. The Morgan fingerprint density at radius 1 is 0.909 bits per heavy atom. The van der Waals surface area contributed by atoms with Crippen molar-refractivity contribution in [3.8, 4) is 0 Å². The molecule has 0 bridgehead atoms. The largest absolute Gasteiger partial charge is 0.0805 e. The number of fused-ring (bicyclic) bond motifs is 1. The van der Waals surface area contributed by atoms with Crippen LogP contribution in [0.2, 0.25) is 0 Å². The SMILES string of the molecule is CC.Cc1ccc(C2(C3=CC4CC4C=C3)CCCCC2)cc1. The lowest BCUT2D eigenvalue weighted by atomic mass is 9.64. The van der Waals surface area contributed by atoms with Gasteiger partial charge in [-0.3, -0.25) is 0 Å².